The van der Waals surface area contributed by atoms with Gasteiger partial charge in [0.05, 0.1) is 0 Å². The van der Waals surface area contributed by atoms with Crippen LogP contribution in [0, 0.1) is 11.6 Å². The van der Waals surface area contributed by atoms with Crippen LogP contribution in [0.4, 0.5) is 8.78 Å². The largest absolute Gasteiger partial charge is 0.204 e. The first kappa shape index (κ1) is 17.4. The maximum absolute atomic E-state index is 13.5. The van der Waals surface area contributed by atoms with E-state index in [2.05, 4.69) is 43.3 Å². The van der Waals surface area contributed by atoms with Crippen LogP contribution in [0.25, 0.3) is 33.0 Å². The molecule has 0 saturated carbocycles. The molecule has 0 nitrogen and oxygen atoms in total. The summed E-state index contributed by atoms with van der Waals surface area (Å²) in [6.07, 6.45) is 2.25. The summed E-state index contributed by atoms with van der Waals surface area (Å²) in [5.74, 6) is -1.65. The van der Waals surface area contributed by atoms with E-state index in [1.54, 1.807) is 6.07 Å². The van der Waals surface area contributed by atoms with Gasteiger partial charge < -0.3 is 0 Å². The van der Waals surface area contributed by atoms with Crippen molar-refractivity contribution in [2.24, 2.45) is 0 Å². The molecule has 0 aromatic heterocycles. The average Bonchev–Trinajstić information content (AvgIpc) is 2.70. The lowest BCUT2D eigenvalue weighted by Crippen LogP contribution is -1.86. The predicted molar refractivity (Wildman–Crippen MR) is 109 cm³/mol. The Morgan fingerprint density at radius 3 is 1.78 bits per heavy atom. The molecule has 0 saturated heterocycles. The maximum Gasteiger partial charge on any atom is 0.159 e. The first-order valence-electron chi connectivity index (χ1n) is 9.22. The van der Waals surface area contributed by atoms with Gasteiger partial charge in [-0.3, -0.25) is 0 Å². The number of hydrogen-bond acceptors (Lipinski definition) is 0. The van der Waals surface area contributed by atoms with Crippen LogP contribution in [0.5, 0.6) is 0 Å². The van der Waals surface area contributed by atoms with Crippen molar-refractivity contribution in [1.29, 1.82) is 0 Å². The van der Waals surface area contributed by atoms with E-state index in [1.165, 1.54) is 22.4 Å². The number of halogens is 2. The number of rotatable bonds is 4. The molecule has 0 N–H and O–H groups in total. The molecular formula is C25H20F2. The van der Waals surface area contributed by atoms with Gasteiger partial charge in [-0.2, -0.15) is 0 Å². The number of hydrogen-bond donors (Lipinski definition) is 0. The second-order valence-electron chi connectivity index (χ2n) is 6.85. The van der Waals surface area contributed by atoms with E-state index in [0.29, 0.717) is 5.56 Å². The van der Waals surface area contributed by atoms with Crippen molar-refractivity contribution in [3.8, 4) is 22.3 Å². The van der Waals surface area contributed by atoms with Crippen LogP contribution in [0.2, 0.25) is 0 Å². The normalized spacial score (nSPS) is 11.1. The van der Waals surface area contributed by atoms with Crippen LogP contribution >= 0.6 is 0 Å². The first-order chi connectivity index (χ1) is 13.1. The van der Waals surface area contributed by atoms with Crippen LogP contribution in [-0.2, 0) is 6.42 Å². The Bertz CT molecular complexity index is 1100. The molecule has 0 amide bonds. The van der Waals surface area contributed by atoms with Gasteiger partial charge in [0.1, 0.15) is 0 Å². The Labute approximate surface area is 158 Å². The fourth-order valence-electron chi connectivity index (χ4n) is 3.45. The molecule has 0 aliphatic rings. The monoisotopic (exact) mass is 358 g/mol. The zero-order valence-electron chi connectivity index (χ0n) is 15.2. The second-order valence-corrected chi connectivity index (χ2v) is 6.85. The SMILES string of the molecule is CCCc1ccc2cc(-c3ccc(-c4ccc(F)c(F)c4)cc3)ccc2c1. The van der Waals surface area contributed by atoms with Gasteiger partial charge in [0.15, 0.2) is 11.6 Å². The van der Waals surface area contributed by atoms with Crippen LogP contribution in [0.3, 0.4) is 0 Å². The van der Waals surface area contributed by atoms with Gasteiger partial charge in [0.25, 0.3) is 0 Å². The summed E-state index contributed by atoms with van der Waals surface area (Å²) in [6, 6.07) is 25.0. The Morgan fingerprint density at radius 2 is 1.11 bits per heavy atom. The standard InChI is InChI=1S/C25H20F2/c1-2-3-17-4-5-22-15-21(11-10-20(22)14-17)18-6-8-19(9-7-18)23-12-13-24(26)25(27)16-23/h4-16H,2-3H2,1H3. The Hall–Kier alpha value is -3.00. The van der Waals surface area contributed by atoms with Crippen molar-refractivity contribution in [3.05, 3.63) is 96.1 Å². The molecule has 0 bridgehead atoms. The zero-order chi connectivity index (χ0) is 18.8. The van der Waals surface area contributed by atoms with Gasteiger partial charge in [-0.25, -0.2) is 8.78 Å². The van der Waals surface area contributed by atoms with Crippen LogP contribution in [-0.4, -0.2) is 0 Å². The Balaban J connectivity index is 1.65. The fraction of sp³-hybridized carbons (Fsp3) is 0.120. The van der Waals surface area contributed by atoms with Crippen molar-refractivity contribution >= 4 is 10.8 Å². The molecule has 0 atom stereocenters. The van der Waals surface area contributed by atoms with Gasteiger partial charge in [0, 0.05) is 0 Å². The zero-order valence-corrected chi connectivity index (χ0v) is 15.2. The molecule has 2 heteroatoms. The van der Waals surface area contributed by atoms with Crippen LogP contribution in [0.1, 0.15) is 18.9 Å². The van der Waals surface area contributed by atoms with Gasteiger partial charge in [0.2, 0.25) is 0 Å². The van der Waals surface area contributed by atoms with E-state index in [1.807, 2.05) is 24.3 Å². The van der Waals surface area contributed by atoms with E-state index in [9.17, 15) is 8.78 Å². The molecule has 4 rings (SSSR count). The summed E-state index contributed by atoms with van der Waals surface area (Å²) in [4.78, 5) is 0. The summed E-state index contributed by atoms with van der Waals surface area (Å²) < 4.78 is 26.6. The number of benzene rings is 4. The lowest BCUT2D eigenvalue weighted by atomic mass is 9.97. The molecule has 27 heavy (non-hydrogen) atoms. The molecule has 0 aliphatic carbocycles. The molecule has 0 fully saturated rings. The van der Waals surface area contributed by atoms with Crippen LogP contribution < -0.4 is 0 Å². The van der Waals surface area contributed by atoms with Gasteiger partial charge in [-0.05, 0) is 63.2 Å². The molecular weight excluding hydrogens is 338 g/mol. The highest BCUT2D eigenvalue weighted by molar-refractivity contribution is 5.88. The van der Waals surface area contributed by atoms with Gasteiger partial charge >= 0.3 is 0 Å². The van der Waals surface area contributed by atoms with E-state index in [4.69, 9.17) is 0 Å². The summed E-state index contributed by atoms with van der Waals surface area (Å²) >= 11 is 0. The molecule has 4 aromatic rings. The minimum atomic E-state index is -0.825. The van der Waals surface area contributed by atoms with E-state index in [0.717, 1.165) is 35.6 Å². The third kappa shape index (κ3) is 3.61. The van der Waals surface area contributed by atoms with Crippen molar-refractivity contribution in [3.63, 3.8) is 0 Å². The fourth-order valence-corrected chi connectivity index (χ4v) is 3.45. The van der Waals surface area contributed by atoms with Crippen molar-refractivity contribution in [2.75, 3.05) is 0 Å². The van der Waals surface area contributed by atoms with Gasteiger partial charge in [-0.1, -0.05) is 74.0 Å². The minimum Gasteiger partial charge on any atom is -0.204 e. The molecule has 0 unspecified atom stereocenters. The molecule has 0 heterocycles. The average molecular weight is 358 g/mol. The third-order valence-electron chi connectivity index (χ3n) is 4.91. The maximum atomic E-state index is 13.5. The number of fused-ring (bicyclic) bond motifs is 1. The van der Waals surface area contributed by atoms with Crippen molar-refractivity contribution in [1.82, 2.24) is 0 Å². The molecule has 0 radical (unpaired) electrons. The lowest BCUT2D eigenvalue weighted by molar-refractivity contribution is 0.509. The highest BCUT2D eigenvalue weighted by Gasteiger charge is 2.06. The van der Waals surface area contributed by atoms with Crippen LogP contribution in [0.15, 0.2) is 78.9 Å². The highest BCUT2D eigenvalue weighted by atomic mass is 19.2. The lowest BCUT2D eigenvalue weighted by Gasteiger charge is -2.08. The Kier molecular flexibility index (Phi) is 4.72. The first-order valence-corrected chi connectivity index (χ1v) is 9.22. The molecule has 0 spiro atoms. The van der Waals surface area contributed by atoms with Gasteiger partial charge in [-0.15, -0.1) is 0 Å². The van der Waals surface area contributed by atoms with E-state index in [-0.39, 0.29) is 0 Å². The minimum absolute atomic E-state index is 0.669. The summed E-state index contributed by atoms with van der Waals surface area (Å²) in [5, 5.41) is 2.47. The smallest absolute Gasteiger partial charge is 0.159 e. The summed E-state index contributed by atoms with van der Waals surface area (Å²) in [6.45, 7) is 2.19. The van der Waals surface area contributed by atoms with Crippen molar-refractivity contribution in [2.45, 2.75) is 19.8 Å². The van der Waals surface area contributed by atoms with E-state index < -0.39 is 11.6 Å². The second kappa shape index (κ2) is 7.32. The highest BCUT2D eigenvalue weighted by Crippen LogP contribution is 2.28. The molecule has 134 valence electrons. The van der Waals surface area contributed by atoms with Crippen molar-refractivity contribution < 1.29 is 8.78 Å². The quantitative estimate of drug-likeness (QED) is 0.356. The summed E-state index contributed by atoms with van der Waals surface area (Å²) in [5.41, 5.74) is 5.14. The third-order valence-corrected chi connectivity index (χ3v) is 4.91. The van der Waals surface area contributed by atoms with E-state index >= 15 is 0 Å². The topological polar surface area (TPSA) is 0 Å². The predicted octanol–water partition coefficient (Wildman–Crippen LogP) is 7.40. The Morgan fingerprint density at radius 1 is 0.556 bits per heavy atom. The molecule has 4 aromatic carbocycles. The molecule has 0 aliphatic heterocycles. The summed E-state index contributed by atoms with van der Waals surface area (Å²) in [7, 11) is 0. The number of aryl methyl sites for hydroxylation is 1.